The monoisotopic (exact) mass is 458 g/mol. The van der Waals surface area contributed by atoms with Gasteiger partial charge in [0.15, 0.2) is 0 Å². The Morgan fingerprint density at radius 2 is 1.67 bits per heavy atom. The Kier molecular flexibility index (Phi) is 7.41. The van der Waals surface area contributed by atoms with Gasteiger partial charge in [-0.3, -0.25) is 0 Å². The van der Waals surface area contributed by atoms with Crippen LogP contribution in [0.3, 0.4) is 0 Å². The molecular weight excluding hydrogens is 429 g/mol. The van der Waals surface area contributed by atoms with Crippen molar-refractivity contribution >= 4 is 5.97 Å². The Balaban J connectivity index is 1.37. The molecule has 2 aromatic carbocycles. The summed E-state index contributed by atoms with van der Waals surface area (Å²) in [5.74, 6) is 1.28. The number of benzene rings is 2. The molecule has 2 aliphatic carbocycles. The van der Waals surface area contributed by atoms with E-state index in [1.807, 2.05) is 0 Å². The number of ether oxygens (including phenoxy) is 2. The smallest absolute Gasteiger partial charge is 0.387 e. The lowest BCUT2D eigenvalue weighted by atomic mass is 9.64. The van der Waals surface area contributed by atoms with Crippen LogP contribution < -0.4 is 9.47 Å². The van der Waals surface area contributed by atoms with Crippen LogP contribution in [0.2, 0.25) is 0 Å². The lowest BCUT2D eigenvalue weighted by molar-refractivity contribution is -0.0498. The van der Waals surface area contributed by atoms with Crippen LogP contribution in [-0.4, -0.2) is 12.6 Å². The Morgan fingerprint density at radius 3 is 2.36 bits per heavy atom. The number of esters is 1. The molecule has 4 rings (SSSR count). The normalized spacial score (nSPS) is 25.1. The highest BCUT2D eigenvalue weighted by molar-refractivity contribution is 5.91. The number of fused-ring (bicyclic) bond motifs is 1. The maximum absolute atomic E-state index is 15.0. The molecule has 0 amide bonds. The zero-order valence-electron chi connectivity index (χ0n) is 18.7. The van der Waals surface area contributed by atoms with Crippen molar-refractivity contribution in [2.75, 3.05) is 0 Å². The first-order valence-corrected chi connectivity index (χ1v) is 11.6. The average molecular weight is 459 g/mol. The predicted molar refractivity (Wildman–Crippen MR) is 120 cm³/mol. The Hall–Kier alpha value is -2.76. The minimum Gasteiger partial charge on any atom is -0.435 e. The number of halogens is 3. The maximum Gasteiger partial charge on any atom is 0.387 e. The van der Waals surface area contributed by atoms with Gasteiger partial charge in [0.25, 0.3) is 0 Å². The molecule has 176 valence electrons. The Bertz CT molecular complexity index is 987. The fourth-order valence-electron chi connectivity index (χ4n) is 5.50. The molecule has 2 aliphatic rings. The minimum absolute atomic E-state index is 0.0368. The van der Waals surface area contributed by atoms with Gasteiger partial charge in [0, 0.05) is 0 Å². The first-order chi connectivity index (χ1) is 15.9. The molecule has 0 N–H and O–H groups in total. The molecule has 2 saturated carbocycles. The predicted octanol–water partition coefficient (Wildman–Crippen LogP) is 7.52. The summed E-state index contributed by atoms with van der Waals surface area (Å²) in [7, 11) is 0. The van der Waals surface area contributed by atoms with E-state index in [0.29, 0.717) is 17.4 Å². The van der Waals surface area contributed by atoms with Crippen molar-refractivity contribution in [1.82, 2.24) is 0 Å². The molecule has 0 heterocycles. The van der Waals surface area contributed by atoms with E-state index in [0.717, 1.165) is 25.2 Å². The van der Waals surface area contributed by atoms with Crippen molar-refractivity contribution in [2.24, 2.45) is 17.8 Å². The van der Waals surface area contributed by atoms with Crippen LogP contribution in [-0.2, 0) is 0 Å². The minimum atomic E-state index is -2.93. The third kappa shape index (κ3) is 5.79. The molecule has 4 atom stereocenters. The van der Waals surface area contributed by atoms with Gasteiger partial charge in [-0.15, -0.1) is 0 Å². The van der Waals surface area contributed by atoms with E-state index in [4.69, 9.17) is 4.74 Å². The van der Waals surface area contributed by atoms with Gasteiger partial charge in [0.05, 0.1) is 5.56 Å². The van der Waals surface area contributed by atoms with Crippen molar-refractivity contribution < 1.29 is 27.4 Å². The van der Waals surface area contributed by atoms with Gasteiger partial charge in [0.2, 0.25) is 0 Å². The lowest BCUT2D eigenvalue weighted by Crippen LogP contribution is -2.30. The third-order valence-electron chi connectivity index (χ3n) is 7.05. The highest BCUT2D eigenvalue weighted by atomic mass is 19.3. The molecule has 0 aromatic heterocycles. The fraction of sp³-hybridized carbons (Fsp3) is 0.444. The van der Waals surface area contributed by atoms with Crippen molar-refractivity contribution in [3.05, 3.63) is 71.6 Å². The first-order valence-electron chi connectivity index (χ1n) is 11.6. The van der Waals surface area contributed by atoms with Gasteiger partial charge in [0.1, 0.15) is 17.3 Å². The number of alkyl halides is 2. The summed E-state index contributed by atoms with van der Waals surface area (Å²) >= 11 is 0. The molecule has 0 saturated heterocycles. The van der Waals surface area contributed by atoms with Crippen LogP contribution in [0, 0.1) is 23.6 Å². The number of hydrogen-bond donors (Lipinski definition) is 0. The van der Waals surface area contributed by atoms with E-state index >= 15 is 0 Å². The second kappa shape index (κ2) is 10.4. The van der Waals surface area contributed by atoms with E-state index in [1.54, 1.807) is 12.1 Å². The molecule has 3 nitrogen and oxygen atoms in total. The van der Waals surface area contributed by atoms with Crippen molar-refractivity contribution in [3.63, 3.8) is 0 Å². The van der Waals surface area contributed by atoms with E-state index in [-0.39, 0.29) is 28.8 Å². The summed E-state index contributed by atoms with van der Waals surface area (Å²) in [6, 6.07) is 9.81. The van der Waals surface area contributed by atoms with Gasteiger partial charge in [-0.2, -0.15) is 8.78 Å². The maximum atomic E-state index is 15.0. The Morgan fingerprint density at radius 1 is 0.970 bits per heavy atom. The van der Waals surface area contributed by atoms with E-state index in [2.05, 4.69) is 23.8 Å². The van der Waals surface area contributed by atoms with Crippen LogP contribution in [0.5, 0.6) is 11.5 Å². The number of carbonyl (C=O) groups is 1. The molecule has 0 bridgehead atoms. The topological polar surface area (TPSA) is 35.5 Å². The van der Waals surface area contributed by atoms with Crippen molar-refractivity contribution in [2.45, 2.75) is 58.0 Å². The highest BCUT2D eigenvalue weighted by Gasteiger charge is 2.36. The number of hydrogen-bond acceptors (Lipinski definition) is 3. The number of rotatable bonds is 6. The van der Waals surface area contributed by atoms with Gasteiger partial charge < -0.3 is 9.47 Å². The van der Waals surface area contributed by atoms with Gasteiger partial charge in [-0.1, -0.05) is 18.2 Å². The van der Waals surface area contributed by atoms with E-state index in [9.17, 15) is 18.0 Å². The van der Waals surface area contributed by atoms with Crippen LogP contribution >= 0.6 is 0 Å². The van der Waals surface area contributed by atoms with Crippen LogP contribution in [0.4, 0.5) is 13.2 Å². The molecule has 0 radical (unpaired) electrons. The zero-order valence-corrected chi connectivity index (χ0v) is 18.7. The summed E-state index contributed by atoms with van der Waals surface area (Å²) < 4.78 is 49.0. The summed E-state index contributed by atoms with van der Waals surface area (Å²) in [5.41, 5.74) is 0.791. The fourth-order valence-corrected chi connectivity index (χ4v) is 5.50. The molecule has 0 spiro atoms. The van der Waals surface area contributed by atoms with Crippen molar-refractivity contribution in [3.8, 4) is 11.5 Å². The lowest BCUT2D eigenvalue weighted by Gasteiger charge is -2.41. The van der Waals surface area contributed by atoms with Crippen molar-refractivity contribution in [1.29, 1.82) is 0 Å². The largest absolute Gasteiger partial charge is 0.435 e. The van der Waals surface area contributed by atoms with Gasteiger partial charge in [-0.05, 0) is 111 Å². The molecule has 4 unspecified atom stereocenters. The van der Waals surface area contributed by atoms with E-state index < -0.39 is 12.6 Å². The van der Waals surface area contributed by atoms with Gasteiger partial charge in [-0.25, -0.2) is 9.18 Å². The summed E-state index contributed by atoms with van der Waals surface area (Å²) in [4.78, 5) is 12.4. The quantitative estimate of drug-likeness (QED) is 0.255. The third-order valence-corrected chi connectivity index (χ3v) is 7.05. The second-order valence-corrected chi connectivity index (χ2v) is 9.10. The van der Waals surface area contributed by atoms with Crippen LogP contribution in [0.1, 0.15) is 67.3 Å². The number of allylic oxidation sites excluding steroid dienone is 2. The standard InChI is InChI=1S/C27H29F3O3/c1-2-3-17-4-5-19-15-20(7-6-18(19)14-17)24-13-8-21(16-25(24)28)26(31)32-22-9-11-23(12-10-22)33-27(29)30/h2-3,8-13,16-20,27H,4-7,14-15H2,1H3/b3-2+. The molecular formula is C27H29F3O3. The molecule has 2 aromatic rings. The van der Waals surface area contributed by atoms with Crippen LogP contribution in [0.15, 0.2) is 54.6 Å². The zero-order chi connectivity index (χ0) is 23.4. The Labute approximate surface area is 192 Å². The van der Waals surface area contributed by atoms with Gasteiger partial charge >= 0.3 is 12.6 Å². The highest BCUT2D eigenvalue weighted by Crippen LogP contribution is 2.48. The SMILES string of the molecule is C/C=C/C1CCC2CC(c3ccc(C(=O)Oc4ccc(OC(F)F)cc4)cc3F)CCC2C1. The summed E-state index contributed by atoms with van der Waals surface area (Å²) in [6.45, 7) is -0.851. The molecule has 2 fully saturated rings. The molecule has 33 heavy (non-hydrogen) atoms. The first kappa shape index (κ1) is 23.4. The van der Waals surface area contributed by atoms with E-state index in [1.165, 1.54) is 49.6 Å². The average Bonchev–Trinajstić information content (AvgIpc) is 2.80. The molecule has 0 aliphatic heterocycles. The second-order valence-electron chi connectivity index (χ2n) is 9.10. The summed E-state index contributed by atoms with van der Waals surface area (Å²) in [6.07, 6.45) is 11.2. The van der Waals surface area contributed by atoms with Crippen LogP contribution in [0.25, 0.3) is 0 Å². The molecule has 6 heteroatoms. The number of carbonyl (C=O) groups excluding carboxylic acids is 1. The summed E-state index contributed by atoms with van der Waals surface area (Å²) in [5, 5.41) is 0.